The number of nitrogens with zero attached hydrogens (tertiary/aromatic N) is 2. The van der Waals surface area contributed by atoms with Crippen LogP contribution in [0.2, 0.25) is 0 Å². The molecule has 0 aromatic heterocycles. The summed E-state index contributed by atoms with van der Waals surface area (Å²) < 4.78 is 31.7. The smallest absolute Gasteiger partial charge is 0.475 e. The molecule has 2 fully saturated rings. The molecule has 2 saturated heterocycles. The van der Waals surface area contributed by atoms with Crippen LogP contribution in [-0.2, 0) is 9.59 Å². The van der Waals surface area contributed by atoms with Crippen LogP contribution >= 0.6 is 0 Å². The number of rotatable bonds is 6. The molecule has 0 bridgehead atoms. The van der Waals surface area contributed by atoms with Crippen LogP contribution in [0.5, 0.6) is 0 Å². The zero-order chi connectivity index (χ0) is 28.2. The second-order valence-corrected chi connectivity index (χ2v) is 9.44. The van der Waals surface area contributed by atoms with Crippen molar-refractivity contribution in [2.24, 2.45) is 5.92 Å². The van der Waals surface area contributed by atoms with Crippen LogP contribution in [-0.4, -0.2) is 72.9 Å². The molecular formula is C26H41F3N4O4. The van der Waals surface area contributed by atoms with Gasteiger partial charge in [0.25, 0.3) is 0 Å². The van der Waals surface area contributed by atoms with Crippen molar-refractivity contribution >= 4 is 23.6 Å². The van der Waals surface area contributed by atoms with Crippen LogP contribution in [0.15, 0.2) is 18.2 Å². The molecule has 3 N–H and O–H groups in total. The molecule has 2 heterocycles. The molecule has 3 amide bonds. The summed E-state index contributed by atoms with van der Waals surface area (Å²) >= 11 is 0. The van der Waals surface area contributed by atoms with E-state index in [1.165, 1.54) is 45.4 Å². The second kappa shape index (κ2) is 15.6. The highest BCUT2D eigenvalue weighted by Crippen LogP contribution is 2.23. The van der Waals surface area contributed by atoms with Gasteiger partial charge >= 0.3 is 18.2 Å². The first kappa shape index (κ1) is 32.4. The van der Waals surface area contributed by atoms with Gasteiger partial charge in [0.15, 0.2) is 0 Å². The molecule has 8 nitrogen and oxygen atoms in total. The molecule has 11 heteroatoms. The van der Waals surface area contributed by atoms with Gasteiger partial charge in [0.1, 0.15) is 0 Å². The number of alkyl halides is 3. The van der Waals surface area contributed by atoms with E-state index in [-0.39, 0.29) is 11.9 Å². The van der Waals surface area contributed by atoms with E-state index in [9.17, 15) is 22.8 Å². The number of piperazine rings is 1. The quantitative estimate of drug-likeness (QED) is 0.501. The van der Waals surface area contributed by atoms with Crippen molar-refractivity contribution in [3.05, 3.63) is 29.3 Å². The predicted molar refractivity (Wildman–Crippen MR) is 138 cm³/mol. The molecule has 2 unspecified atom stereocenters. The Bertz CT molecular complexity index is 889. The van der Waals surface area contributed by atoms with Crippen molar-refractivity contribution in [3.63, 3.8) is 0 Å². The Kier molecular flexibility index (Phi) is 13.6. The number of hydrogen-bond acceptors (Lipinski definition) is 5. The van der Waals surface area contributed by atoms with E-state index >= 15 is 0 Å². The summed E-state index contributed by atoms with van der Waals surface area (Å²) in [4.78, 5) is 35.8. The zero-order valence-corrected chi connectivity index (χ0v) is 22.5. The highest BCUT2D eigenvalue weighted by Gasteiger charge is 2.38. The molecule has 0 radical (unpaired) electrons. The number of anilines is 1. The van der Waals surface area contributed by atoms with E-state index in [0.717, 1.165) is 28.8 Å². The molecule has 0 aliphatic carbocycles. The van der Waals surface area contributed by atoms with Gasteiger partial charge in [0.05, 0.1) is 0 Å². The van der Waals surface area contributed by atoms with Crippen molar-refractivity contribution in [2.75, 3.05) is 37.6 Å². The fourth-order valence-electron chi connectivity index (χ4n) is 4.15. The number of carboxylic acid groups (broad SMARTS) is 1. The van der Waals surface area contributed by atoms with Crippen molar-refractivity contribution in [1.29, 1.82) is 0 Å². The van der Waals surface area contributed by atoms with Gasteiger partial charge in [0.2, 0.25) is 5.91 Å². The molecule has 1 aromatic carbocycles. The van der Waals surface area contributed by atoms with Gasteiger partial charge in [-0.05, 0) is 44.2 Å². The fraction of sp³-hybridized carbons (Fsp3) is 0.654. The van der Waals surface area contributed by atoms with Gasteiger partial charge in [-0.25, -0.2) is 9.59 Å². The van der Waals surface area contributed by atoms with Gasteiger partial charge in [-0.2, -0.15) is 13.2 Å². The third kappa shape index (κ3) is 11.5. The summed E-state index contributed by atoms with van der Waals surface area (Å²) in [5.74, 6) is -2.08. The number of carboxylic acids is 1. The highest BCUT2D eigenvalue weighted by molar-refractivity contribution is 6.05. The van der Waals surface area contributed by atoms with E-state index in [1.54, 1.807) is 4.90 Å². The summed E-state index contributed by atoms with van der Waals surface area (Å²) in [5, 5.41) is 12.9. The number of hydrogen-bond donors (Lipinski definition) is 3. The first-order chi connectivity index (χ1) is 17.3. The molecule has 2 atom stereocenters. The van der Waals surface area contributed by atoms with Crippen molar-refractivity contribution < 1.29 is 32.7 Å². The maximum absolute atomic E-state index is 11.6. The van der Waals surface area contributed by atoms with Crippen molar-refractivity contribution in [3.8, 4) is 0 Å². The highest BCUT2D eigenvalue weighted by atomic mass is 19.4. The minimum absolute atomic E-state index is 0.203. The number of carbonyl (C=O) groups excluding carboxylic acids is 2. The standard InChI is InChI=1S/C12H14N2O2.C12H26N2.C2HF3O2/c1-8-3-4-10(9(2)7-8)14-6-5-11(15)13-12(14)16;1-4-11(3)10-12(5-2)14-8-6-13-7-9-14;3-2(4,5)1(6)7/h3-4,7H,5-6H2,1-2H3,(H,13,15,16);11-13H,4-10H2,1-3H3;(H,6,7). The maximum Gasteiger partial charge on any atom is 0.490 e. The predicted octanol–water partition coefficient (Wildman–Crippen LogP) is 4.49. The van der Waals surface area contributed by atoms with E-state index in [4.69, 9.17) is 9.90 Å². The molecular weight excluding hydrogens is 489 g/mol. The Morgan fingerprint density at radius 2 is 1.68 bits per heavy atom. The Hall–Kier alpha value is -2.66. The average Bonchev–Trinajstić information content (AvgIpc) is 2.84. The van der Waals surface area contributed by atoms with Gasteiger partial charge in [0, 0.05) is 50.9 Å². The van der Waals surface area contributed by atoms with E-state index in [1.807, 2.05) is 32.0 Å². The summed E-state index contributed by atoms with van der Waals surface area (Å²) in [6.45, 7) is 16.3. The SMILES string of the molecule is CCC(C)CC(CC)N1CCNCC1.Cc1ccc(N2CCC(=O)NC2=O)c(C)c1.O=C(O)C(F)(F)F. The summed E-state index contributed by atoms with van der Waals surface area (Å²) in [6, 6.07) is 6.40. The van der Waals surface area contributed by atoms with Crippen molar-refractivity contribution in [1.82, 2.24) is 15.5 Å². The van der Waals surface area contributed by atoms with Crippen LogP contribution in [0.4, 0.5) is 23.7 Å². The monoisotopic (exact) mass is 530 g/mol. The minimum atomic E-state index is -5.08. The average molecular weight is 531 g/mol. The second-order valence-electron chi connectivity index (χ2n) is 9.44. The third-order valence-electron chi connectivity index (χ3n) is 6.45. The lowest BCUT2D eigenvalue weighted by atomic mass is 9.96. The van der Waals surface area contributed by atoms with Crippen molar-refractivity contribution in [2.45, 2.75) is 72.5 Å². The maximum atomic E-state index is 11.6. The van der Waals surface area contributed by atoms with Gasteiger partial charge < -0.3 is 10.4 Å². The Morgan fingerprint density at radius 3 is 2.14 bits per heavy atom. The summed E-state index contributed by atoms with van der Waals surface area (Å²) in [7, 11) is 0. The molecule has 0 spiro atoms. The number of nitrogens with one attached hydrogen (secondary N) is 2. The first-order valence-corrected chi connectivity index (χ1v) is 12.7. The molecule has 3 rings (SSSR count). The normalized spacial score (nSPS) is 18.0. The number of amides is 3. The van der Waals surface area contributed by atoms with Gasteiger partial charge in [-0.1, -0.05) is 44.9 Å². The summed E-state index contributed by atoms with van der Waals surface area (Å²) in [5.41, 5.74) is 3.08. The number of carbonyl (C=O) groups is 3. The number of halogens is 3. The number of aliphatic carboxylic acids is 1. The molecule has 1 aromatic rings. The van der Waals surface area contributed by atoms with Gasteiger partial charge in [-0.3, -0.25) is 19.9 Å². The molecule has 2 aliphatic rings. The Morgan fingerprint density at radius 1 is 1.08 bits per heavy atom. The fourth-order valence-corrected chi connectivity index (χ4v) is 4.15. The van der Waals surface area contributed by atoms with E-state index in [2.05, 4.69) is 36.3 Å². The zero-order valence-electron chi connectivity index (χ0n) is 22.5. The van der Waals surface area contributed by atoms with E-state index in [0.29, 0.717) is 13.0 Å². The van der Waals surface area contributed by atoms with Crippen LogP contribution in [0.3, 0.4) is 0 Å². The van der Waals surface area contributed by atoms with Crippen LogP contribution < -0.4 is 15.5 Å². The first-order valence-electron chi connectivity index (χ1n) is 12.7. The number of aryl methyl sites for hydroxylation is 2. The topological polar surface area (TPSA) is 102 Å². The largest absolute Gasteiger partial charge is 0.490 e. The molecule has 210 valence electrons. The number of benzene rings is 1. The number of urea groups is 1. The summed E-state index contributed by atoms with van der Waals surface area (Å²) in [6.07, 6.45) is -0.709. The van der Waals surface area contributed by atoms with Gasteiger partial charge in [-0.15, -0.1) is 0 Å². The van der Waals surface area contributed by atoms with E-state index < -0.39 is 12.1 Å². The van der Waals surface area contributed by atoms with Crippen LogP contribution in [0, 0.1) is 19.8 Å². The lowest BCUT2D eigenvalue weighted by molar-refractivity contribution is -0.192. The Labute approximate surface area is 217 Å². The Balaban J connectivity index is 0.000000299. The van der Waals surface area contributed by atoms with Crippen LogP contribution in [0.25, 0.3) is 0 Å². The minimum Gasteiger partial charge on any atom is -0.475 e. The lowest BCUT2D eigenvalue weighted by Crippen LogP contribution is -2.49. The van der Waals surface area contributed by atoms with Crippen LogP contribution in [0.1, 0.15) is 57.6 Å². The molecule has 37 heavy (non-hydrogen) atoms. The lowest BCUT2D eigenvalue weighted by Gasteiger charge is -2.35. The third-order valence-corrected chi connectivity index (χ3v) is 6.45. The molecule has 2 aliphatic heterocycles. The number of imide groups is 1. The molecule has 0 saturated carbocycles.